The van der Waals surface area contributed by atoms with E-state index in [1.54, 1.807) is 7.11 Å². The van der Waals surface area contributed by atoms with E-state index in [2.05, 4.69) is 24.4 Å². The lowest BCUT2D eigenvalue weighted by molar-refractivity contribution is 0.288. The molecule has 2 nitrogen and oxygen atoms in total. The minimum absolute atomic E-state index is 0.515. The van der Waals surface area contributed by atoms with Crippen LogP contribution in [0.5, 0.6) is 5.75 Å². The van der Waals surface area contributed by atoms with Crippen LogP contribution in [-0.4, -0.2) is 19.7 Å². The Morgan fingerprint density at radius 1 is 1.33 bits per heavy atom. The van der Waals surface area contributed by atoms with E-state index in [0.717, 1.165) is 24.6 Å². The van der Waals surface area contributed by atoms with Crippen molar-refractivity contribution in [3.8, 4) is 5.75 Å². The van der Waals surface area contributed by atoms with Crippen LogP contribution in [0.3, 0.4) is 0 Å². The SMILES string of the molecule is COc1ccccc1CC(C)NCCC1CCC1. The molecule has 100 valence electrons. The Morgan fingerprint density at radius 3 is 2.78 bits per heavy atom. The van der Waals surface area contributed by atoms with Crippen molar-refractivity contribution in [3.63, 3.8) is 0 Å². The van der Waals surface area contributed by atoms with Gasteiger partial charge in [0.05, 0.1) is 7.11 Å². The van der Waals surface area contributed by atoms with Crippen LogP contribution in [0.1, 0.15) is 38.2 Å². The minimum Gasteiger partial charge on any atom is -0.496 e. The van der Waals surface area contributed by atoms with Gasteiger partial charge in [-0.1, -0.05) is 37.5 Å². The van der Waals surface area contributed by atoms with E-state index in [-0.39, 0.29) is 0 Å². The molecule has 1 atom stereocenters. The van der Waals surface area contributed by atoms with E-state index < -0.39 is 0 Å². The largest absolute Gasteiger partial charge is 0.496 e. The van der Waals surface area contributed by atoms with Crippen molar-refractivity contribution in [2.75, 3.05) is 13.7 Å². The van der Waals surface area contributed by atoms with Gasteiger partial charge in [0.2, 0.25) is 0 Å². The Balaban J connectivity index is 1.73. The summed E-state index contributed by atoms with van der Waals surface area (Å²) in [7, 11) is 1.74. The van der Waals surface area contributed by atoms with Crippen molar-refractivity contribution in [1.82, 2.24) is 5.32 Å². The molecule has 1 aromatic rings. The molecule has 0 amide bonds. The van der Waals surface area contributed by atoms with Crippen molar-refractivity contribution in [2.24, 2.45) is 5.92 Å². The molecule has 1 aliphatic carbocycles. The third kappa shape index (κ3) is 3.74. The Bertz CT molecular complexity index is 360. The third-order valence-electron chi connectivity index (χ3n) is 3.99. The number of benzene rings is 1. The minimum atomic E-state index is 0.515. The second-order valence-electron chi connectivity index (χ2n) is 5.46. The van der Waals surface area contributed by atoms with Gasteiger partial charge in [0.1, 0.15) is 5.75 Å². The zero-order valence-corrected chi connectivity index (χ0v) is 11.6. The highest BCUT2D eigenvalue weighted by Gasteiger charge is 2.16. The monoisotopic (exact) mass is 247 g/mol. The summed E-state index contributed by atoms with van der Waals surface area (Å²) in [6, 6.07) is 8.82. The molecular weight excluding hydrogens is 222 g/mol. The first kappa shape index (κ1) is 13.4. The molecule has 1 aromatic carbocycles. The van der Waals surface area contributed by atoms with E-state index in [0.29, 0.717) is 6.04 Å². The van der Waals surface area contributed by atoms with Crippen molar-refractivity contribution in [1.29, 1.82) is 0 Å². The summed E-state index contributed by atoms with van der Waals surface area (Å²) in [5.74, 6) is 2.00. The molecule has 18 heavy (non-hydrogen) atoms. The Morgan fingerprint density at radius 2 is 2.11 bits per heavy atom. The highest BCUT2D eigenvalue weighted by Crippen LogP contribution is 2.28. The maximum atomic E-state index is 5.39. The van der Waals surface area contributed by atoms with E-state index in [1.165, 1.54) is 31.2 Å². The number of hydrogen-bond acceptors (Lipinski definition) is 2. The molecule has 0 bridgehead atoms. The van der Waals surface area contributed by atoms with Crippen molar-refractivity contribution in [3.05, 3.63) is 29.8 Å². The predicted molar refractivity (Wildman–Crippen MR) is 76.1 cm³/mol. The highest BCUT2D eigenvalue weighted by molar-refractivity contribution is 5.33. The third-order valence-corrected chi connectivity index (χ3v) is 3.99. The van der Waals surface area contributed by atoms with E-state index in [4.69, 9.17) is 4.74 Å². The van der Waals surface area contributed by atoms with Crippen LogP contribution in [0.4, 0.5) is 0 Å². The molecule has 1 aliphatic rings. The number of ether oxygens (including phenoxy) is 1. The Hall–Kier alpha value is -1.02. The zero-order valence-electron chi connectivity index (χ0n) is 11.6. The standard InChI is InChI=1S/C16H25NO/c1-13(17-11-10-14-6-5-7-14)12-15-8-3-4-9-16(15)18-2/h3-4,8-9,13-14,17H,5-7,10-12H2,1-2H3. The van der Waals surface area contributed by atoms with Gasteiger partial charge >= 0.3 is 0 Å². The molecule has 0 aromatic heterocycles. The Labute approximate surface area is 111 Å². The maximum absolute atomic E-state index is 5.39. The van der Waals surface area contributed by atoms with E-state index in [9.17, 15) is 0 Å². The predicted octanol–water partition coefficient (Wildman–Crippen LogP) is 3.41. The van der Waals surface area contributed by atoms with Gasteiger partial charge in [0, 0.05) is 6.04 Å². The molecular formula is C16H25NO. The summed E-state index contributed by atoms with van der Waals surface area (Å²) < 4.78 is 5.39. The quantitative estimate of drug-likeness (QED) is 0.797. The maximum Gasteiger partial charge on any atom is 0.122 e. The fourth-order valence-electron chi connectivity index (χ4n) is 2.59. The lowest BCUT2D eigenvalue weighted by Crippen LogP contribution is -2.31. The highest BCUT2D eigenvalue weighted by atomic mass is 16.5. The van der Waals surface area contributed by atoms with Gasteiger partial charge in [-0.25, -0.2) is 0 Å². The molecule has 1 unspecified atom stereocenters. The van der Waals surface area contributed by atoms with Crippen LogP contribution in [0.2, 0.25) is 0 Å². The summed E-state index contributed by atoms with van der Waals surface area (Å²) in [5, 5.41) is 3.63. The summed E-state index contributed by atoms with van der Waals surface area (Å²) in [5.41, 5.74) is 1.30. The van der Waals surface area contributed by atoms with Crippen LogP contribution < -0.4 is 10.1 Å². The zero-order chi connectivity index (χ0) is 12.8. The summed E-state index contributed by atoms with van der Waals surface area (Å²) in [4.78, 5) is 0. The molecule has 1 saturated carbocycles. The smallest absolute Gasteiger partial charge is 0.122 e. The average molecular weight is 247 g/mol. The van der Waals surface area contributed by atoms with Gasteiger partial charge in [-0.15, -0.1) is 0 Å². The fraction of sp³-hybridized carbons (Fsp3) is 0.625. The molecule has 0 aliphatic heterocycles. The molecule has 0 spiro atoms. The Kier molecular flexibility index (Phi) is 5.06. The van der Waals surface area contributed by atoms with E-state index >= 15 is 0 Å². The first-order valence-corrected chi connectivity index (χ1v) is 7.15. The average Bonchev–Trinajstić information content (AvgIpc) is 2.33. The number of hydrogen-bond donors (Lipinski definition) is 1. The van der Waals surface area contributed by atoms with Crippen LogP contribution in [0, 0.1) is 5.92 Å². The lowest BCUT2D eigenvalue weighted by atomic mass is 9.83. The molecule has 2 heteroatoms. The summed E-state index contributed by atoms with van der Waals surface area (Å²) >= 11 is 0. The molecule has 2 rings (SSSR count). The molecule has 0 saturated heterocycles. The van der Waals surface area contributed by atoms with Crippen molar-refractivity contribution >= 4 is 0 Å². The fourth-order valence-corrected chi connectivity index (χ4v) is 2.59. The number of methoxy groups -OCH3 is 1. The molecule has 0 radical (unpaired) electrons. The normalized spacial score (nSPS) is 17.2. The first-order valence-electron chi connectivity index (χ1n) is 7.15. The van der Waals surface area contributed by atoms with Crippen LogP contribution in [0.15, 0.2) is 24.3 Å². The molecule has 1 fully saturated rings. The van der Waals surface area contributed by atoms with Crippen LogP contribution >= 0.6 is 0 Å². The topological polar surface area (TPSA) is 21.3 Å². The van der Waals surface area contributed by atoms with E-state index in [1.807, 2.05) is 12.1 Å². The van der Waals surface area contributed by atoms with Gasteiger partial charge in [0.25, 0.3) is 0 Å². The molecule has 0 heterocycles. The number of para-hydroxylation sites is 1. The number of nitrogens with one attached hydrogen (secondary N) is 1. The molecule has 1 N–H and O–H groups in total. The summed E-state index contributed by atoms with van der Waals surface area (Å²) in [6.07, 6.45) is 6.72. The first-order chi connectivity index (χ1) is 8.79. The lowest BCUT2D eigenvalue weighted by Gasteiger charge is -2.26. The summed E-state index contributed by atoms with van der Waals surface area (Å²) in [6.45, 7) is 3.41. The van der Waals surface area contributed by atoms with Gasteiger partial charge in [0.15, 0.2) is 0 Å². The van der Waals surface area contributed by atoms with Crippen LogP contribution in [0.25, 0.3) is 0 Å². The van der Waals surface area contributed by atoms with Crippen molar-refractivity contribution < 1.29 is 4.74 Å². The number of rotatable bonds is 7. The van der Waals surface area contributed by atoms with Gasteiger partial charge in [-0.2, -0.15) is 0 Å². The van der Waals surface area contributed by atoms with Gasteiger partial charge in [-0.05, 0) is 43.9 Å². The second kappa shape index (κ2) is 6.79. The second-order valence-corrected chi connectivity index (χ2v) is 5.46. The van der Waals surface area contributed by atoms with Gasteiger partial charge < -0.3 is 10.1 Å². The van der Waals surface area contributed by atoms with Gasteiger partial charge in [-0.3, -0.25) is 0 Å². The van der Waals surface area contributed by atoms with Crippen molar-refractivity contribution in [2.45, 2.75) is 45.1 Å². The van der Waals surface area contributed by atoms with Crippen LogP contribution in [-0.2, 0) is 6.42 Å².